The Morgan fingerprint density at radius 3 is 3.04 bits per heavy atom. The van der Waals surface area contributed by atoms with Gasteiger partial charge in [0, 0.05) is 36.9 Å². The number of aromatic nitrogens is 1. The van der Waals surface area contributed by atoms with Crippen LogP contribution in [-0.4, -0.2) is 48.2 Å². The third-order valence-electron chi connectivity index (χ3n) is 5.75. The molecule has 1 aliphatic carbocycles. The van der Waals surface area contributed by atoms with Crippen LogP contribution in [0.25, 0.3) is 0 Å². The summed E-state index contributed by atoms with van der Waals surface area (Å²) in [6, 6.07) is 0. The Kier molecular flexibility index (Phi) is 4.88. The minimum absolute atomic E-state index is 0.250. The summed E-state index contributed by atoms with van der Waals surface area (Å²) >= 11 is 1.66. The molecule has 0 unspecified atom stereocenters. The van der Waals surface area contributed by atoms with Crippen molar-refractivity contribution in [1.29, 1.82) is 0 Å². The van der Waals surface area contributed by atoms with Gasteiger partial charge in [-0.3, -0.25) is 4.79 Å². The first-order valence-corrected chi connectivity index (χ1v) is 9.98. The van der Waals surface area contributed by atoms with E-state index in [0.717, 1.165) is 56.3 Å². The van der Waals surface area contributed by atoms with Gasteiger partial charge < -0.3 is 14.4 Å². The van der Waals surface area contributed by atoms with Crippen molar-refractivity contribution in [3.8, 4) is 0 Å². The number of amides is 1. The molecule has 1 aromatic rings. The lowest BCUT2D eigenvalue weighted by Crippen LogP contribution is -2.38. The molecule has 24 heavy (non-hydrogen) atoms. The van der Waals surface area contributed by atoms with Crippen molar-refractivity contribution in [3.63, 3.8) is 0 Å². The number of thiazole rings is 1. The van der Waals surface area contributed by atoms with Crippen LogP contribution < -0.4 is 0 Å². The fourth-order valence-electron chi connectivity index (χ4n) is 4.08. The van der Waals surface area contributed by atoms with Crippen LogP contribution in [0.1, 0.15) is 36.4 Å². The quantitative estimate of drug-likeness (QED) is 0.740. The fraction of sp³-hybridized carbons (Fsp3) is 0.778. The average molecular weight is 350 g/mol. The third-order valence-corrected chi connectivity index (χ3v) is 6.58. The molecule has 0 N–H and O–H groups in total. The van der Waals surface area contributed by atoms with Crippen molar-refractivity contribution < 1.29 is 14.3 Å². The lowest BCUT2D eigenvalue weighted by molar-refractivity contribution is -0.137. The molecule has 1 saturated carbocycles. The summed E-state index contributed by atoms with van der Waals surface area (Å²) in [5.41, 5.74) is 1.02. The van der Waals surface area contributed by atoms with Gasteiger partial charge in [-0.2, -0.15) is 0 Å². The number of nitrogens with zero attached hydrogens (tertiary/aromatic N) is 2. The number of hydrogen-bond acceptors (Lipinski definition) is 5. The number of likely N-dealkylation sites (tertiary alicyclic amines) is 1. The molecule has 3 fully saturated rings. The molecular weight excluding hydrogens is 324 g/mol. The van der Waals surface area contributed by atoms with Crippen LogP contribution in [0.5, 0.6) is 0 Å². The molecule has 3 heterocycles. The van der Waals surface area contributed by atoms with E-state index in [1.807, 2.05) is 6.92 Å². The normalized spacial score (nSPS) is 29.7. The Hall–Kier alpha value is -0.980. The number of rotatable bonds is 6. The second kappa shape index (κ2) is 7.10. The molecule has 4 rings (SSSR count). The Balaban J connectivity index is 1.21. The zero-order chi connectivity index (χ0) is 16.5. The van der Waals surface area contributed by atoms with E-state index in [1.165, 1.54) is 6.42 Å². The maximum Gasteiger partial charge on any atom is 0.225 e. The maximum absolute atomic E-state index is 12.4. The van der Waals surface area contributed by atoms with E-state index < -0.39 is 0 Å². The maximum atomic E-state index is 12.4. The summed E-state index contributed by atoms with van der Waals surface area (Å²) in [4.78, 5) is 18.9. The van der Waals surface area contributed by atoms with E-state index in [4.69, 9.17) is 9.47 Å². The Bertz CT molecular complexity index is 587. The molecule has 3 atom stereocenters. The van der Waals surface area contributed by atoms with Crippen molar-refractivity contribution >= 4 is 17.2 Å². The standard InChI is InChI=1S/C18H26N2O3S/c1-12-19-15(11-24-12)10-22-6-5-14-9-23-17-8-20(7-16(14)17)18(21)13-3-2-4-13/h11,13-14,16-17H,2-10H2,1H3/t14-,16-,17-/m0/s1. The zero-order valence-corrected chi connectivity index (χ0v) is 15.1. The van der Waals surface area contributed by atoms with Gasteiger partial charge in [-0.25, -0.2) is 4.98 Å². The molecule has 0 radical (unpaired) electrons. The van der Waals surface area contributed by atoms with Crippen LogP contribution in [0.2, 0.25) is 0 Å². The Labute approximate surface area is 147 Å². The highest BCUT2D eigenvalue weighted by molar-refractivity contribution is 7.09. The molecule has 3 aliphatic rings. The van der Waals surface area contributed by atoms with E-state index in [1.54, 1.807) is 11.3 Å². The zero-order valence-electron chi connectivity index (χ0n) is 14.3. The molecule has 6 heteroatoms. The number of aryl methyl sites for hydroxylation is 1. The average Bonchev–Trinajstić information content (AvgIpc) is 3.18. The first-order valence-electron chi connectivity index (χ1n) is 9.10. The van der Waals surface area contributed by atoms with Gasteiger partial charge in [-0.15, -0.1) is 11.3 Å². The second-order valence-electron chi connectivity index (χ2n) is 7.37. The van der Waals surface area contributed by atoms with Crippen molar-refractivity contribution in [2.45, 2.75) is 45.3 Å². The summed E-state index contributed by atoms with van der Waals surface area (Å²) in [6.45, 7) is 5.86. The highest BCUT2D eigenvalue weighted by Crippen LogP contribution is 2.38. The number of fused-ring (bicyclic) bond motifs is 1. The van der Waals surface area contributed by atoms with Crippen LogP contribution in [0.15, 0.2) is 5.38 Å². The largest absolute Gasteiger partial charge is 0.376 e. The van der Waals surface area contributed by atoms with Crippen molar-refractivity contribution in [2.75, 3.05) is 26.3 Å². The van der Waals surface area contributed by atoms with E-state index >= 15 is 0 Å². The van der Waals surface area contributed by atoms with Crippen molar-refractivity contribution in [1.82, 2.24) is 9.88 Å². The molecule has 1 aromatic heterocycles. The minimum atomic E-state index is 0.250. The second-order valence-corrected chi connectivity index (χ2v) is 8.43. The van der Waals surface area contributed by atoms with Gasteiger partial charge in [-0.1, -0.05) is 6.42 Å². The molecule has 0 aromatic carbocycles. The van der Waals surface area contributed by atoms with Crippen molar-refractivity contribution in [3.05, 3.63) is 16.1 Å². The third kappa shape index (κ3) is 3.37. The molecule has 132 valence electrons. The summed E-state index contributed by atoms with van der Waals surface area (Å²) in [5.74, 6) is 1.69. The van der Waals surface area contributed by atoms with Gasteiger partial charge in [0.15, 0.2) is 0 Å². The van der Waals surface area contributed by atoms with E-state index in [-0.39, 0.29) is 6.10 Å². The minimum Gasteiger partial charge on any atom is -0.376 e. The number of carbonyl (C=O) groups excluding carboxylic acids is 1. The summed E-state index contributed by atoms with van der Waals surface area (Å²) in [6.07, 6.45) is 4.64. The summed E-state index contributed by atoms with van der Waals surface area (Å²) in [7, 11) is 0. The van der Waals surface area contributed by atoms with Crippen LogP contribution >= 0.6 is 11.3 Å². The first-order chi connectivity index (χ1) is 11.7. The van der Waals surface area contributed by atoms with Gasteiger partial charge in [0.1, 0.15) is 0 Å². The summed E-state index contributed by atoms with van der Waals surface area (Å²) < 4.78 is 11.8. The highest BCUT2D eigenvalue weighted by atomic mass is 32.1. The van der Waals surface area contributed by atoms with Gasteiger partial charge in [0.25, 0.3) is 0 Å². The smallest absolute Gasteiger partial charge is 0.225 e. The SMILES string of the molecule is Cc1nc(COCC[C@H]2CO[C@H]3CN(C(=O)C4CCC4)C[C@@H]23)cs1. The van der Waals surface area contributed by atoms with E-state index in [9.17, 15) is 4.79 Å². The Morgan fingerprint density at radius 1 is 1.46 bits per heavy atom. The molecule has 0 bridgehead atoms. The number of ether oxygens (including phenoxy) is 2. The molecule has 1 amide bonds. The lowest BCUT2D eigenvalue weighted by atomic mass is 9.84. The number of hydrogen-bond donors (Lipinski definition) is 0. The molecular formula is C18H26N2O3S. The van der Waals surface area contributed by atoms with Crippen molar-refractivity contribution in [2.24, 2.45) is 17.8 Å². The van der Waals surface area contributed by atoms with Crippen LogP contribution in [0.3, 0.4) is 0 Å². The first kappa shape index (κ1) is 16.5. The monoisotopic (exact) mass is 350 g/mol. The summed E-state index contributed by atoms with van der Waals surface area (Å²) in [5, 5.41) is 3.15. The van der Waals surface area contributed by atoms with Crippen LogP contribution in [0, 0.1) is 24.7 Å². The highest BCUT2D eigenvalue weighted by Gasteiger charge is 2.46. The van der Waals surface area contributed by atoms with Gasteiger partial charge in [-0.05, 0) is 32.1 Å². The van der Waals surface area contributed by atoms with Gasteiger partial charge >= 0.3 is 0 Å². The topological polar surface area (TPSA) is 51.7 Å². The number of carbonyl (C=O) groups is 1. The van der Waals surface area contributed by atoms with Crippen LogP contribution in [-0.2, 0) is 20.9 Å². The molecule has 2 aliphatic heterocycles. The fourth-order valence-corrected chi connectivity index (χ4v) is 4.67. The Morgan fingerprint density at radius 2 is 2.33 bits per heavy atom. The molecule has 2 saturated heterocycles. The molecule has 5 nitrogen and oxygen atoms in total. The van der Waals surface area contributed by atoms with Crippen LogP contribution in [0.4, 0.5) is 0 Å². The van der Waals surface area contributed by atoms with Gasteiger partial charge in [0.05, 0.1) is 30.0 Å². The molecule has 0 spiro atoms. The predicted molar refractivity (Wildman–Crippen MR) is 91.8 cm³/mol. The van der Waals surface area contributed by atoms with Gasteiger partial charge in [0.2, 0.25) is 5.91 Å². The van der Waals surface area contributed by atoms with E-state index in [0.29, 0.717) is 30.3 Å². The predicted octanol–water partition coefficient (Wildman–Crippen LogP) is 2.63. The lowest BCUT2D eigenvalue weighted by Gasteiger charge is -2.29. The van der Waals surface area contributed by atoms with E-state index in [2.05, 4.69) is 15.3 Å².